The molecule has 3 aromatic rings. The van der Waals surface area contributed by atoms with Crippen molar-refractivity contribution in [2.24, 2.45) is 0 Å². The first-order valence-electron chi connectivity index (χ1n) is 7.02. The molecule has 1 aromatic heterocycles. The van der Waals surface area contributed by atoms with E-state index in [4.69, 9.17) is 4.42 Å². The lowest BCUT2D eigenvalue weighted by molar-refractivity contribution is -0.274. The summed E-state index contributed by atoms with van der Waals surface area (Å²) in [6.45, 7) is 0. The van der Waals surface area contributed by atoms with Crippen LogP contribution >= 0.6 is 0 Å². The Morgan fingerprint density at radius 2 is 1.80 bits per heavy atom. The highest BCUT2D eigenvalue weighted by atomic mass is 19.4. The van der Waals surface area contributed by atoms with Gasteiger partial charge in [0.15, 0.2) is 11.2 Å². The number of fused-ring (bicyclic) bond motifs is 1. The Bertz CT molecular complexity index is 995. The summed E-state index contributed by atoms with van der Waals surface area (Å²) in [6, 6.07) is 12.2. The molecule has 0 atom stereocenters. The number of anilines is 1. The summed E-state index contributed by atoms with van der Waals surface area (Å²) in [5.41, 5.74) is -0.113. The number of carbonyl (C=O) groups is 1. The monoisotopic (exact) mass is 349 g/mol. The van der Waals surface area contributed by atoms with E-state index in [2.05, 4.69) is 10.1 Å². The first-order valence-corrected chi connectivity index (χ1v) is 7.02. The van der Waals surface area contributed by atoms with E-state index in [0.717, 1.165) is 18.2 Å². The molecule has 3 rings (SSSR count). The highest BCUT2D eigenvalue weighted by molar-refractivity contribution is 6.03. The molecule has 128 valence electrons. The van der Waals surface area contributed by atoms with Crippen LogP contribution in [0.2, 0.25) is 0 Å². The maximum absolute atomic E-state index is 12.2. The van der Waals surface area contributed by atoms with E-state index in [-0.39, 0.29) is 17.0 Å². The fourth-order valence-corrected chi connectivity index (χ4v) is 2.18. The number of rotatable bonds is 3. The predicted octanol–water partition coefficient (Wildman–Crippen LogP) is 3.94. The van der Waals surface area contributed by atoms with E-state index in [1.165, 1.54) is 18.2 Å². The number of hydrogen-bond acceptors (Lipinski definition) is 4. The number of amides is 1. The molecule has 2 aromatic carbocycles. The third-order valence-corrected chi connectivity index (χ3v) is 3.18. The molecule has 25 heavy (non-hydrogen) atoms. The smallest absolute Gasteiger partial charge is 0.451 e. The van der Waals surface area contributed by atoms with Crippen molar-refractivity contribution < 1.29 is 27.1 Å². The Hall–Kier alpha value is -3.29. The second-order valence-corrected chi connectivity index (χ2v) is 5.00. The second-order valence-electron chi connectivity index (χ2n) is 5.00. The van der Waals surface area contributed by atoms with Crippen LogP contribution < -0.4 is 15.5 Å². The van der Waals surface area contributed by atoms with Crippen molar-refractivity contribution in [1.29, 1.82) is 0 Å². The van der Waals surface area contributed by atoms with Crippen LogP contribution in [-0.2, 0) is 0 Å². The Kier molecular flexibility index (Phi) is 4.18. The van der Waals surface area contributed by atoms with Gasteiger partial charge in [-0.3, -0.25) is 9.59 Å². The maximum Gasteiger partial charge on any atom is 0.573 e. The zero-order valence-corrected chi connectivity index (χ0v) is 12.5. The summed E-state index contributed by atoms with van der Waals surface area (Å²) in [6.07, 6.45) is -4.84. The number of para-hydroxylation sites is 1. The van der Waals surface area contributed by atoms with Crippen molar-refractivity contribution in [3.8, 4) is 5.75 Å². The van der Waals surface area contributed by atoms with Gasteiger partial charge in [-0.25, -0.2) is 0 Å². The molecule has 8 heteroatoms. The number of halogens is 3. The Morgan fingerprint density at radius 1 is 1.04 bits per heavy atom. The SMILES string of the molecule is O=C(Nc1cccc(OC(F)(F)F)c1)c1cc(=O)c2ccccc2o1. The molecule has 0 unspecified atom stereocenters. The molecule has 0 spiro atoms. The fourth-order valence-electron chi connectivity index (χ4n) is 2.18. The molecule has 0 fully saturated rings. The maximum atomic E-state index is 12.2. The van der Waals surface area contributed by atoms with Crippen molar-refractivity contribution >= 4 is 22.6 Å². The Labute approximate surface area is 138 Å². The lowest BCUT2D eigenvalue weighted by Gasteiger charge is -2.10. The highest BCUT2D eigenvalue weighted by Gasteiger charge is 2.31. The number of alkyl halides is 3. The topological polar surface area (TPSA) is 68.5 Å². The molecule has 1 amide bonds. The molecule has 1 N–H and O–H groups in total. The molecule has 0 bridgehead atoms. The number of hydrogen-bond donors (Lipinski definition) is 1. The van der Waals surface area contributed by atoms with E-state index in [9.17, 15) is 22.8 Å². The Balaban J connectivity index is 1.85. The third-order valence-electron chi connectivity index (χ3n) is 3.18. The zero-order valence-electron chi connectivity index (χ0n) is 12.5. The van der Waals surface area contributed by atoms with Gasteiger partial charge in [0.05, 0.1) is 5.39 Å². The van der Waals surface area contributed by atoms with Crippen LogP contribution in [0.15, 0.2) is 63.8 Å². The van der Waals surface area contributed by atoms with Gasteiger partial charge in [0.1, 0.15) is 11.3 Å². The van der Waals surface area contributed by atoms with Crippen LogP contribution in [0.25, 0.3) is 11.0 Å². The summed E-state index contributed by atoms with van der Waals surface area (Å²) in [5, 5.41) is 2.68. The standard InChI is InChI=1S/C17H10F3NO4/c18-17(19,20)25-11-5-3-4-10(8-11)21-16(23)15-9-13(22)12-6-1-2-7-14(12)24-15/h1-9H,(H,21,23). The van der Waals surface area contributed by atoms with Crippen molar-refractivity contribution in [1.82, 2.24) is 0 Å². The molecular weight excluding hydrogens is 339 g/mol. The van der Waals surface area contributed by atoms with Crippen molar-refractivity contribution in [3.05, 3.63) is 70.6 Å². The molecule has 0 aliphatic rings. The van der Waals surface area contributed by atoms with Gasteiger partial charge in [0.2, 0.25) is 0 Å². The number of ether oxygens (including phenoxy) is 1. The van der Waals surface area contributed by atoms with Crippen molar-refractivity contribution in [2.75, 3.05) is 5.32 Å². The van der Waals surface area contributed by atoms with Crippen LogP contribution in [0, 0.1) is 0 Å². The average molecular weight is 349 g/mol. The fraction of sp³-hybridized carbons (Fsp3) is 0.0588. The quantitative estimate of drug-likeness (QED) is 0.778. The van der Waals surface area contributed by atoms with E-state index in [1.807, 2.05) is 0 Å². The predicted molar refractivity (Wildman–Crippen MR) is 83.6 cm³/mol. The summed E-state index contributed by atoms with van der Waals surface area (Å²) in [7, 11) is 0. The van der Waals surface area contributed by atoms with E-state index < -0.39 is 23.4 Å². The van der Waals surface area contributed by atoms with Crippen LogP contribution in [0.4, 0.5) is 18.9 Å². The number of nitrogens with one attached hydrogen (secondary N) is 1. The van der Waals surface area contributed by atoms with E-state index >= 15 is 0 Å². The number of carbonyl (C=O) groups excluding carboxylic acids is 1. The van der Waals surface area contributed by atoms with Crippen molar-refractivity contribution in [2.45, 2.75) is 6.36 Å². The van der Waals surface area contributed by atoms with Gasteiger partial charge in [0, 0.05) is 17.8 Å². The molecule has 0 aliphatic carbocycles. The van der Waals surface area contributed by atoms with Crippen LogP contribution in [0.1, 0.15) is 10.6 Å². The highest BCUT2D eigenvalue weighted by Crippen LogP contribution is 2.25. The zero-order chi connectivity index (χ0) is 18.0. The van der Waals surface area contributed by atoms with Gasteiger partial charge in [-0.1, -0.05) is 18.2 Å². The normalized spacial score (nSPS) is 11.3. The molecule has 1 heterocycles. The van der Waals surface area contributed by atoms with Gasteiger partial charge in [-0.2, -0.15) is 0 Å². The molecule has 0 saturated carbocycles. The first kappa shape index (κ1) is 16.6. The molecular formula is C17H10F3NO4. The second kappa shape index (κ2) is 6.31. The summed E-state index contributed by atoms with van der Waals surface area (Å²) in [5.74, 6) is -1.51. The summed E-state index contributed by atoms with van der Waals surface area (Å²) in [4.78, 5) is 24.2. The minimum Gasteiger partial charge on any atom is -0.451 e. The van der Waals surface area contributed by atoms with Gasteiger partial charge in [0.25, 0.3) is 5.91 Å². The lowest BCUT2D eigenvalue weighted by atomic mass is 10.2. The van der Waals surface area contributed by atoms with Gasteiger partial charge in [-0.15, -0.1) is 13.2 Å². The summed E-state index contributed by atoms with van der Waals surface area (Å²) < 4.78 is 45.8. The summed E-state index contributed by atoms with van der Waals surface area (Å²) >= 11 is 0. The molecule has 0 saturated heterocycles. The van der Waals surface area contributed by atoms with Crippen LogP contribution in [-0.4, -0.2) is 12.3 Å². The van der Waals surface area contributed by atoms with Crippen molar-refractivity contribution in [3.63, 3.8) is 0 Å². The minimum atomic E-state index is -4.84. The van der Waals surface area contributed by atoms with Gasteiger partial charge >= 0.3 is 6.36 Å². The number of benzene rings is 2. The van der Waals surface area contributed by atoms with Gasteiger partial charge in [-0.05, 0) is 24.3 Å². The average Bonchev–Trinajstić information content (AvgIpc) is 2.53. The van der Waals surface area contributed by atoms with Crippen LogP contribution in [0.5, 0.6) is 5.75 Å². The molecule has 0 radical (unpaired) electrons. The third kappa shape index (κ3) is 3.97. The van der Waals surface area contributed by atoms with E-state index in [1.54, 1.807) is 18.2 Å². The molecule has 0 aliphatic heterocycles. The largest absolute Gasteiger partial charge is 0.573 e. The van der Waals surface area contributed by atoms with Gasteiger partial charge < -0.3 is 14.5 Å². The Morgan fingerprint density at radius 3 is 2.56 bits per heavy atom. The lowest BCUT2D eigenvalue weighted by Crippen LogP contribution is -2.18. The minimum absolute atomic E-state index is 0.0579. The molecule has 5 nitrogen and oxygen atoms in total. The van der Waals surface area contributed by atoms with Crippen LogP contribution in [0.3, 0.4) is 0 Å². The first-order chi connectivity index (χ1) is 11.8. The van der Waals surface area contributed by atoms with E-state index in [0.29, 0.717) is 5.39 Å².